The van der Waals surface area contributed by atoms with Gasteiger partial charge in [-0.2, -0.15) is 0 Å². The van der Waals surface area contributed by atoms with E-state index in [1.807, 2.05) is 20.8 Å². The third-order valence-electron chi connectivity index (χ3n) is 6.39. The highest BCUT2D eigenvalue weighted by atomic mass is 35.5. The van der Waals surface area contributed by atoms with E-state index in [-0.39, 0.29) is 29.0 Å². The molecule has 0 spiro atoms. The lowest BCUT2D eigenvalue weighted by atomic mass is 10.1. The van der Waals surface area contributed by atoms with Crippen molar-refractivity contribution in [2.75, 3.05) is 17.4 Å². The number of anilines is 1. The molecule has 0 fully saturated rings. The minimum atomic E-state index is -4.19. The molecule has 1 atom stereocenters. The van der Waals surface area contributed by atoms with Gasteiger partial charge in [-0.1, -0.05) is 85.4 Å². The zero-order chi connectivity index (χ0) is 30.3. The maximum Gasteiger partial charge on any atom is 0.264 e. The van der Waals surface area contributed by atoms with Crippen LogP contribution >= 0.6 is 34.8 Å². The third kappa shape index (κ3) is 8.61. The molecule has 7 nitrogen and oxygen atoms in total. The largest absolute Gasteiger partial charge is 0.354 e. The Bertz CT molecular complexity index is 1480. The molecule has 3 aromatic carbocycles. The average Bonchev–Trinajstić information content (AvgIpc) is 2.92. The van der Waals surface area contributed by atoms with Crippen molar-refractivity contribution in [2.45, 2.75) is 51.6 Å². The van der Waals surface area contributed by atoms with E-state index in [1.165, 1.54) is 23.1 Å². The molecule has 0 saturated heterocycles. The number of hydrogen-bond acceptors (Lipinski definition) is 4. The molecule has 0 aliphatic carbocycles. The number of benzene rings is 3. The van der Waals surface area contributed by atoms with Gasteiger partial charge in [0.05, 0.1) is 20.6 Å². The minimum absolute atomic E-state index is 0.0112. The molecule has 41 heavy (non-hydrogen) atoms. The summed E-state index contributed by atoms with van der Waals surface area (Å²) in [7, 11) is -4.19. The van der Waals surface area contributed by atoms with E-state index in [2.05, 4.69) is 5.32 Å². The molecule has 0 aromatic heterocycles. The molecule has 2 amide bonds. The lowest BCUT2D eigenvalue weighted by molar-refractivity contribution is -0.140. The molecule has 0 bridgehead atoms. The second-order valence-electron chi connectivity index (χ2n) is 10.1. The van der Waals surface area contributed by atoms with Crippen molar-refractivity contribution < 1.29 is 18.0 Å². The van der Waals surface area contributed by atoms with Gasteiger partial charge in [0.15, 0.2) is 0 Å². The zero-order valence-corrected chi connectivity index (χ0v) is 26.5. The number of hydrogen-bond donors (Lipinski definition) is 1. The molecule has 0 saturated carbocycles. The van der Waals surface area contributed by atoms with Gasteiger partial charge in [-0.15, -0.1) is 0 Å². The molecule has 0 aliphatic heterocycles. The first-order valence-corrected chi connectivity index (χ1v) is 15.8. The molecule has 0 radical (unpaired) electrons. The van der Waals surface area contributed by atoms with E-state index in [0.29, 0.717) is 33.6 Å². The van der Waals surface area contributed by atoms with Crippen LogP contribution in [-0.2, 0) is 26.2 Å². The first-order chi connectivity index (χ1) is 19.3. The van der Waals surface area contributed by atoms with E-state index in [4.69, 9.17) is 34.8 Å². The van der Waals surface area contributed by atoms with E-state index in [9.17, 15) is 18.0 Å². The van der Waals surface area contributed by atoms with Crippen LogP contribution in [0.5, 0.6) is 0 Å². The van der Waals surface area contributed by atoms with Gasteiger partial charge >= 0.3 is 0 Å². The van der Waals surface area contributed by atoms with E-state index < -0.39 is 28.5 Å². The van der Waals surface area contributed by atoms with Crippen LogP contribution in [0, 0.1) is 12.8 Å². The van der Waals surface area contributed by atoms with Gasteiger partial charge in [-0.3, -0.25) is 13.9 Å². The number of amides is 2. The van der Waals surface area contributed by atoms with Crippen LogP contribution in [-0.4, -0.2) is 44.3 Å². The molecule has 0 heterocycles. The van der Waals surface area contributed by atoms with Crippen molar-refractivity contribution in [1.29, 1.82) is 0 Å². The van der Waals surface area contributed by atoms with E-state index in [0.717, 1.165) is 9.87 Å². The second-order valence-corrected chi connectivity index (χ2v) is 13.3. The van der Waals surface area contributed by atoms with Crippen molar-refractivity contribution in [3.8, 4) is 0 Å². The molecule has 1 N–H and O–H groups in total. The predicted molar refractivity (Wildman–Crippen MR) is 166 cm³/mol. The normalized spacial score (nSPS) is 12.2. The van der Waals surface area contributed by atoms with Crippen LogP contribution < -0.4 is 9.62 Å². The van der Waals surface area contributed by atoms with Crippen molar-refractivity contribution in [3.05, 3.63) is 92.9 Å². The van der Waals surface area contributed by atoms with E-state index in [1.54, 1.807) is 55.5 Å². The lowest BCUT2D eigenvalue weighted by Gasteiger charge is -2.33. The Labute approximate surface area is 257 Å². The summed E-state index contributed by atoms with van der Waals surface area (Å²) in [5.41, 5.74) is 1.75. The minimum Gasteiger partial charge on any atom is -0.354 e. The monoisotopic (exact) mass is 637 g/mol. The fraction of sp³-hybridized carbons (Fsp3) is 0.333. The van der Waals surface area contributed by atoms with Gasteiger partial charge < -0.3 is 10.2 Å². The molecular weight excluding hydrogens is 605 g/mol. The summed E-state index contributed by atoms with van der Waals surface area (Å²) in [6.07, 6.45) is 0.304. The lowest BCUT2D eigenvalue weighted by Crippen LogP contribution is -2.52. The summed E-state index contributed by atoms with van der Waals surface area (Å²) in [6, 6.07) is 16.7. The maximum absolute atomic E-state index is 14.1. The fourth-order valence-corrected chi connectivity index (χ4v) is 6.09. The SMILES string of the molecule is CC[C@H](C(=O)NCC(C)C)N(Cc1ccc(Cl)c(Cl)c1)C(=O)CN(c1cccc(Cl)c1)S(=O)(=O)c1ccc(C)cc1. The zero-order valence-electron chi connectivity index (χ0n) is 23.4. The van der Waals surface area contributed by atoms with Crippen LogP contribution in [0.1, 0.15) is 38.3 Å². The van der Waals surface area contributed by atoms with E-state index >= 15 is 0 Å². The van der Waals surface area contributed by atoms with Gasteiger partial charge in [-0.25, -0.2) is 8.42 Å². The maximum atomic E-state index is 14.1. The highest BCUT2D eigenvalue weighted by Gasteiger charge is 2.33. The Morgan fingerprint density at radius 3 is 2.20 bits per heavy atom. The summed E-state index contributed by atoms with van der Waals surface area (Å²) in [4.78, 5) is 28.8. The Morgan fingerprint density at radius 1 is 0.927 bits per heavy atom. The highest BCUT2D eigenvalue weighted by Crippen LogP contribution is 2.28. The molecular formula is C30H34Cl3N3O4S. The van der Waals surface area contributed by atoms with Gasteiger partial charge in [0, 0.05) is 18.1 Å². The molecule has 3 aromatic rings. The van der Waals surface area contributed by atoms with Crippen LogP contribution in [0.15, 0.2) is 71.6 Å². The summed E-state index contributed by atoms with van der Waals surface area (Å²) < 4.78 is 28.8. The number of rotatable bonds is 12. The second kappa shape index (κ2) is 14.4. The fourth-order valence-electron chi connectivity index (χ4n) is 4.17. The summed E-state index contributed by atoms with van der Waals surface area (Å²) >= 11 is 18.6. The summed E-state index contributed by atoms with van der Waals surface area (Å²) in [6.45, 7) is 7.47. The topological polar surface area (TPSA) is 86.8 Å². The van der Waals surface area contributed by atoms with Crippen LogP contribution in [0.25, 0.3) is 0 Å². The number of sulfonamides is 1. The van der Waals surface area contributed by atoms with Crippen molar-refractivity contribution in [3.63, 3.8) is 0 Å². The van der Waals surface area contributed by atoms with Crippen molar-refractivity contribution in [2.24, 2.45) is 5.92 Å². The molecule has 11 heteroatoms. The number of halogens is 3. The number of nitrogens with zero attached hydrogens (tertiary/aromatic N) is 2. The molecule has 220 valence electrons. The van der Waals surface area contributed by atoms with Crippen LogP contribution in [0.4, 0.5) is 5.69 Å². The van der Waals surface area contributed by atoms with Crippen molar-refractivity contribution in [1.82, 2.24) is 10.2 Å². The number of nitrogens with one attached hydrogen (secondary N) is 1. The van der Waals surface area contributed by atoms with Gasteiger partial charge in [-0.05, 0) is 67.3 Å². The predicted octanol–water partition coefficient (Wildman–Crippen LogP) is 6.73. The van der Waals surface area contributed by atoms with Gasteiger partial charge in [0.1, 0.15) is 12.6 Å². The quantitative estimate of drug-likeness (QED) is 0.238. The molecule has 0 aliphatic rings. The molecule has 3 rings (SSSR count). The third-order valence-corrected chi connectivity index (χ3v) is 9.15. The summed E-state index contributed by atoms with van der Waals surface area (Å²) in [5.74, 6) is -0.697. The van der Waals surface area contributed by atoms with Crippen molar-refractivity contribution >= 4 is 62.3 Å². The Balaban J connectivity index is 2.06. The number of carbonyl (C=O) groups excluding carboxylic acids is 2. The smallest absolute Gasteiger partial charge is 0.264 e. The average molecular weight is 639 g/mol. The highest BCUT2D eigenvalue weighted by molar-refractivity contribution is 7.92. The van der Waals surface area contributed by atoms with Gasteiger partial charge in [0.2, 0.25) is 11.8 Å². The molecule has 0 unspecified atom stereocenters. The van der Waals surface area contributed by atoms with Crippen LogP contribution in [0.3, 0.4) is 0 Å². The Hall–Kier alpha value is -2.78. The first kappa shape index (κ1) is 32.7. The summed E-state index contributed by atoms with van der Waals surface area (Å²) in [5, 5.41) is 3.87. The number of carbonyl (C=O) groups is 2. The standard InChI is InChI=1S/C30H34Cl3N3O4S/c1-5-28(30(38)34-17-20(2)3)35(18-22-11-14-26(32)27(33)15-22)29(37)19-36(24-8-6-7-23(31)16-24)41(39,40)25-12-9-21(4)10-13-25/h6-16,20,28H,5,17-19H2,1-4H3,(H,34,38)/t28-/m1/s1. The number of aryl methyl sites for hydroxylation is 1. The Morgan fingerprint density at radius 2 is 1.61 bits per heavy atom. The Kier molecular flexibility index (Phi) is 11.5. The first-order valence-electron chi connectivity index (χ1n) is 13.2. The van der Waals surface area contributed by atoms with Crippen LogP contribution in [0.2, 0.25) is 15.1 Å². The van der Waals surface area contributed by atoms with Gasteiger partial charge in [0.25, 0.3) is 10.0 Å².